The fraction of sp³-hybridized carbons (Fsp3) is 0.400. The summed E-state index contributed by atoms with van der Waals surface area (Å²) in [5.41, 5.74) is 12.6. The van der Waals surface area contributed by atoms with Crippen molar-refractivity contribution in [1.82, 2.24) is 14.8 Å². The van der Waals surface area contributed by atoms with Crippen molar-refractivity contribution in [3.8, 4) is 11.1 Å². The molecule has 1 amide bonds. The lowest BCUT2D eigenvalue weighted by Gasteiger charge is -2.02. The number of carbonyl (C=O) groups excluding carboxylic acids is 1. The fourth-order valence-corrected chi connectivity index (χ4v) is 2.31. The molecule has 7 nitrogen and oxygen atoms in total. The molecule has 0 radical (unpaired) electrons. The molecule has 0 saturated heterocycles. The molecule has 7 heteroatoms. The number of rotatable bonds is 2. The number of hydrogen-bond donors (Lipinski definition) is 3. The first kappa shape index (κ1) is 16.0. The largest absolute Gasteiger partial charge is 0.393 e. The fourth-order valence-electron chi connectivity index (χ4n) is 2.31. The van der Waals surface area contributed by atoms with Gasteiger partial charge in [-0.1, -0.05) is 12.8 Å². The number of amides is 1. The SMILES string of the molecule is Cn1cc(-c2cnc(N)c(C(N)=O)c2)cn1.OC1CCCC1. The lowest BCUT2D eigenvalue weighted by atomic mass is 10.1. The predicted molar refractivity (Wildman–Crippen MR) is 83.8 cm³/mol. The average Bonchev–Trinajstić information content (AvgIpc) is 3.11. The van der Waals surface area contributed by atoms with Crippen molar-refractivity contribution in [3.05, 3.63) is 30.2 Å². The van der Waals surface area contributed by atoms with E-state index < -0.39 is 5.91 Å². The monoisotopic (exact) mass is 303 g/mol. The van der Waals surface area contributed by atoms with Crippen LogP contribution in [0.15, 0.2) is 24.7 Å². The molecule has 0 atom stereocenters. The summed E-state index contributed by atoms with van der Waals surface area (Å²) in [6.45, 7) is 0. The van der Waals surface area contributed by atoms with Gasteiger partial charge in [-0.3, -0.25) is 9.48 Å². The van der Waals surface area contributed by atoms with Crippen LogP contribution >= 0.6 is 0 Å². The molecule has 22 heavy (non-hydrogen) atoms. The van der Waals surface area contributed by atoms with Crippen molar-refractivity contribution >= 4 is 11.7 Å². The molecule has 0 bridgehead atoms. The Morgan fingerprint density at radius 1 is 1.32 bits per heavy atom. The van der Waals surface area contributed by atoms with E-state index in [1.807, 2.05) is 13.2 Å². The minimum absolute atomic E-state index is 0.0463. The molecule has 1 fully saturated rings. The highest BCUT2D eigenvalue weighted by molar-refractivity contribution is 5.98. The average molecular weight is 303 g/mol. The summed E-state index contributed by atoms with van der Waals surface area (Å²) >= 11 is 0. The second kappa shape index (κ2) is 7.04. The van der Waals surface area contributed by atoms with Gasteiger partial charge in [0.1, 0.15) is 5.82 Å². The van der Waals surface area contributed by atoms with E-state index in [4.69, 9.17) is 16.6 Å². The van der Waals surface area contributed by atoms with Crippen LogP contribution in [0.3, 0.4) is 0 Å². The molecule has 0 aromatic carbocycles. The van der Waals surface area contributed by atoms with E-state index in [9.17, 15) is 4.79 Å². The van der Waals surface area contributed by atoms with Gasteiger partial charge in [-0.05, 0) is 18.9 Å². The molecule has 0 spiro atoms. The topological polar surface area (TPSA) is 120 Å². The Bertz CT molecular complexity index is 647. The first-order valence-electron chi connectivity index (χ1n) is 7.19. The standard InChI is InChI=1S/C10H11N5O.C5H10O/c1-15-5-7(4-14-15)6-2-8(10(12)16)9(11)13-3-6;6-5-3-1-2-4-5/h2-5H,1H3,(H2,11,13)(H2,12,16);5-6H,1-4H2. The number of anilines is 1. The molecule has 3 rings (SSSR count). The molecule has 1 aliphatic rings. The highest BCUT2D eigenvalue weighted by Crippen LogP contribution is 2.20. The second-order valence-corrected chi connectivity index (χ2v) is 5.36. The summed E-state index contributed by atoms with van der Waals surface area (Å²) in [5.74, 6) is -0.448. The zero-order valence-electron chi connectivity index (χ0n) is 12.6. The minimum Gasteiger partial charge on any atom is -0.393 e. The highest BCUT2D eigenvalue weighted by Gasteiger charge is 2.10. The summed E-state index contributed by atoms with van der Waals surface area (Å²) in [6.07, 6.45) is 9.68. The van der Waals surface area contributed by atoms with E-state index in [2.05, 4.69) is 10.1 Å². The van der Waals surface area contributed by atoms with Crippen molar-refractivity contribution in [3.63, 3.8) is 0 Å². The molecule has 2 aromatic heterocycles. The van der Waals surface area contributed by atoms with E-state index in [-0.39, 0.29) is 17.5 Å². The smallest absolute Gasteiger partial charge is 0.252 e. The first-order valence-corrected chi connectivity index (χ1v) is 7.19. The van der Waals surface area contributed by atoms with Crippen LogP contribution in [0, 0.1) is 0 Å². The van der Waals surface area contributed by atoms with Gasteiger partial charge >= 0.3 is 0 Å². The van der Waals surface area contributed by atoms with E-state index in [1.165, 1.54) is 12.8 Å². The zero-order chi connectivity index (χ0) is 16.1. The second-order valence-electron chi connectivity index (χ2n) is 5.36. The normalized spacial score (nSPS) is 14.5. The molecule has 2 heterocycles. The molecule has 118 valence electrons. The van der Waals surface area contributed by atoms with E-state index >= 15 is 0 Å². The van der Waals surface area contributed by atoms with E-state index in [1.54, 1.807) is 23.1 Å². The van der Waals surface area contributed by atoms with Gasteiger partial charge in [0.2, 0.25) is 0 Å². The third kappa shape index (κ3) is 4.05. The number of hydrogen-bond acceptors (Lipinski definition) is 5. The van der Waals surface area contributed by atoms with Gasteiger partial charge in [-0.25, -0.2) is 4.98 Å². The third-order valence-corrected chi connectivity index (χ3v) is 3.55. The quantitative estimate of drug-likeness (QED) is 0.767. The lowest BCUT2D eigenvalue weighted by molar-refractivity contribution is 0.100. The van der Waals surface area contributed by atoms with E-state index in [0.29, 0.717) is 0 Å². The van der Waals surface area contributed by atoms with Crippen LogP contribution < -0.4 is 11.5 Å². The van der Waals surface area contributed by atoms with Gasteiger partial charge in [0.25, 0.3) is 5.91 Å². The number of nitrogens with zero attached hydrogens (tertiary/aromatic N) is 3. The number of nitrogen functional groups attached to an aromatic ring is 1. The van der Waals surface area contributed by atoms with Gasteiger partial charge in [0.15, 0.2) is 0 Å². The van der Waals surface area contributed by atoms with Crippen LogP contribution in [0.5, 0.6) is 0 Å². The summed E-state index contributed by atoms with van der Waals surface area (Å²) in [4.78, 5) is 15.0. The zero-order valence-corrected chi connectivity index (χ0v) is 12.6. The Hall–Kier alpha value is -2.41. The number of pyridine rings is 1. The number of aryl methyl sites for hydroxylation is 1. The molecule has 1 saturated carbocycles. The molecular formula is C15H21N5O2. The number of nitrogens with two attached hydrogens (primary N) is 2. The van der Waals surface area contributed by atoms with Crippen molar-refractivity contribution in [2.45, 2.75) is 31.8 Å². The van der Waals surface area contributed by atoms with Crippen LogP contribution in [0.1, 0.15) is 36.0 Å². The van der Waals surface area contributed by atoms with Gasteiger partial charge in [0.05, 0.1) is 17.9 Å². The van der Waals surface area contributed by atoms with Crippen LogP contribution in [-0.4, -0.2) is 31.9 Å². The molecule has 2 aromatic rings. The number of aromatic nitrogens is 3. The molecule has 0 aliphatic heterocycles. The Labute approximate surface area is 129 Å². The van der Waals surface area contributed by atoms with Gasteiger partial charge < -0.3 is 16.6 Å². The third-order valence-electron chi connectivity index (χ3n) is 3.55. The number of aliphatic hydroxyl groups is 1. The Morgan fingerprint density at radius 2 is 2.00 bits per heavy atom. The molecule has 0 unspecified atom stereocenters. The van der Waals surface area contributed by atoms with E-state index in [0.717, 1.165) is 24.0 Å². The maximum Gasteiger partial charge on any atom is 0.252 e. The number of primary amides is 1. The summed E-state index contributed by atoms with van der Waals surface area (Å²) in [6, 6.07) is 1.61. The number of carbonyl (C=O) groups is 1. The van der Waals surface area contributed by atoms with Crippen LogP contribution in [0.4, 0.5) is 5.82 Å². The van der Waals surface area contributed by atoms with Crippen molar-refractivity contribution < 1.29 is 9.90 Å². The first-order chi connectivity index (χ1) is 10.5. The van der Waals surface area contributed by atoms with Gasteiger partial charge in [0, 0.05) is 30.6 Å². The van der Waals surface area contributed by atoms with Crippen LogP contribution in [-0.2, 0) is 7.05 Å². The Balaban J connectivity index is 0.000000246. The maximum atomic E-state index is 11.1. The molecule has 1 aliphatic carbocycles. The van der Waals surface area contributed by atoms with Gasteiger partial charge in [-0.15, -0.1) is 0 Å². The number of aliphatic hydroxyl groups excluding tert-OH is 1. The highest BCUT2D eigenvalue weighted by atomic mass is 16.3. The summed E-state index contributed by atoms with van der Waals surface area (Å²) in [7, 11) is 1.81. The van der Waals surface area contributed by atoms with Crippen molar-refractivity contribution in [2.24, 2.45) is 12.8 Å². The van der Waals surface area contributed by atoms with Crippen LogP contribution in [0.2, 0.25) is 0 Å². The van der Waals surface area contributed by atoms with Crippen molar-refractivity contribution in [2.75, 3.05) is 5.73 Å². The Morgan fingerprint density at radius 3 is 2.45 bits per heavy atom. The lowest BCUT2D eigenvalue weighted by Crippen LogP contribution is -2.14. The van der Waals surface area contributed by atoms with Crippen LogP contribution in [0.25, 0.3) is 11.1 Å². The predicted octanol–water partition coefficient (Wildman–Crippen LogP) is 1.08. The Kier molecular flexibility index (Phi) is 5.11. The van der Waals surface area contributed by atoms with Crippen molar-refractivity contribution in [1.29, 1.82) is 0 Å². The van der Waals surface area contributed by atoms with Gasteiger partial charge in [-0.2, -0.15) is 5.10 Å². The molecular weight excluding hydrogens is 282 g/mol. The summed E-state index contributed by atoms with van der Waals surface area (Å²) in [5, 5.41) is 12.8. The molecule has 5 N–H and O–H groups in total. The maximum absolute atomic E-state index is 11.1. The summed E-state index contributed by atoms with van der Waals surface area (Å²) < 4.78 is 1.66. The minimum atomic E-state index is -0.587.